The molecule has 0 radical (unpaired) electrons. The third-order valence-corrected chi connectivity index (χ3v) is 1.84. The Morgan fingerprint density at radius 1 is 1.46 bits per heavy atom. The third kappa shape index (κ3) is 1.48. The van der Waals surface area contributed by atoms with Gasteiger partial charge in [-0.1, -0.05) is 12.2 Å². The smallest absolute Gasteiger partial charge is 0.177 e. The number of aryl methyl sites for hydroxylation is 1. The normalized spacial score (nSPS) is 10.2. The summed E-state index contributed by atoms with van der Waals surface area (Å²) >= 11 is 4.87. The molecule has 6 heteroatoms. The quantitative estimate of drug-likeness (QED) is 0.684. The number of nitrogens with one attached hydrogen (secondary N) is 1. The number of H-pyrrole nitrogens is 1. The van der Waals surface area contributed by atoms with Crippen molar-refractivity contribution in [3.63, 3.8) is 0 Å². The second-order valence-electron chi connectivity index (χ2n) is 2.50. The van der Waals surface area contributed by atoms with Crippen LogP contribution in [0.1, 0.15) is 0 Å². The van der Waals surface area contributed by atoms with Crippen molar-refractivity contribution >= 4 is 12.2 Å². The molecule has 0 aliphatic carbocycles. The van der Waals surface area contributed by atoms with E-state index < -0.39 is 0 Å². The molecule has 0 fully saturated rings. The second kappa shape index (κ2) is 3.06. The van der Waals surface area contributed by atoms with E-state index in [9.17, 15) is 0 Å². The molecule has 0 aliphatic heterocycles. The maximum atomic E-state index is 4.87. The van der Waals surface area contributed by atoms with Gasteiger partial charge in [0.25, 0.3) is 0 Å². The Morgan fingerprint density at radius 2 is 2.31 bits per heavy atom. The molecule has 66 valence electrons. The van der Waals surface area contributed by atoms with Crippen molar-refractivity contribution < 1.29 is 0 Å². The van der Waals surface area contributed by atoms with Crippen molar-refractivity contribution in [3.05, 3.63) is 23.4 Å². The van der Waals surface area contributed by atoms with Gasteiger partial charge in [-0.05, 0) is 0 Å². The lowest BCUT2D eigenvalue weighted by atomic mass is 10.4. The maximum absolute atomic E-state index is 4.87. The topological polar surface area (TPSA) is 59.4 Å². The molecule has 0 aliphatic rings. The summed E-state index contributed by atoms with van der Waals surface area (Å²) in [5, 5.41) is 3.94. The van der Waals surface area contributed by atoms with Crippen LogP contribution in [0.15, 0.2) is 18.7 Å². The molecule has 0 aromatic carbocycles. The Bertz CT molecular complexity index is 451. The van der Waals surface area contributed by atoms with E-state index >= 15 is 0 Å². The van der Waals surface area contributed by atoms with Gasteiger partial charge in [0.1, 0.15) is 16.7 Å². The fraction of sp³-hybridized carbons (Fsp3) is 0.143. The van der Waals surface area contributed by atoms with E-state index in [1.165, 1.54) is 6.33 Å². The van der Waals surface area contributed by atoms with Gasteiger partial charge in [-0.15, -0.1) is 0 Å². The molecule has 2 aromatic heterocycles. The van der Waals surface area contributed by atoms with Crippen LogP contribution in [0, 0.1) is 4.64 Å². The number of hydrogen-bond acceptors (Lipinski definition) is 4. The molecule has 13 heavy (non-hydrogen) atoms. The van der Waals surface area contributed by atoms with Gasteiger partial charge in [0.2, 0.25) is 0 Å². The molecule has 0 bridgehead atoms. The van der Waals surface area contributed by atoms with E-state index in [2.05, 4.69) is 20.1 Å². The lowest BCUT2D eigenvalue weighted by Crippen LogP contribution is -1.96. The Balaban J connectivity index is 2.53. The number of rotatable bonds is 1. The summed E-state index contributed by atoms with van der Waals surface area (Å²) in [7, 11) is 1.81. The van der Waals surface area contributed by atoms with E-state index in [0.717, 1.165) is 5.69 Å². The molecular formula is C7H7N5S. The van der Waals surface area contributed by atoms with E-state index in [4.69, 9.17) is 12.2 Å². The van der Waals surface area contributed by atoms with Gasteiger partial charge in [0.05, 0.1) is 6.20 Å². The van der Waals surface area contributed by atoms with Crippen LogP contribution in [0.25, 0.3) is 11.5 Å². The van der Waals surface area contributed by atoms with Crippen LogP contribution in [-0.4, -0.2) is 24.7 Å². The van der Waals surface area contributed by atoms with Crippen LogP contribution in [0.5, 0.6) is 0 Å². The van der Waals surface area contributed by atoms with Crippen molar-refractivity contribution in [3.8, 4) is 11.5 Å². The highest BCUT2D eigenvalue weighted by molar-refractivity contribution is 7.71. The van der Waals surface area contributed by atoms with Crippen LogP contribution in [0.3, 0.4) is 0 Å². The Morgan fingerprint density at radius 3 is 2.85 bits per heavy atom. The van der Waals surface area contributed by atoms with Crippen molar-refractivity contribution in [2.24, 2.45) is 7.05 Å². The van der Waals surface area contributed by atoms with Gasteiger partial charge in [-0.2, -0.15) is 5.10 Å². The summed E-state index contributed by atoms with van der Waals surface area (Å²) in [6.07, 6.45) is 4.78. The van der Waals surface area contributed by atoms with E-state index in [1.807, 2.05) is 7.05 Å². The number of aromatic nitrogens is 5. The summed E-state index contributed by atoms with van der Waals surface area (Å²) < 4.78 is 2.25. The molecule has 0 amide bonds. The lowest BCUT2D eigenvalue weighted by Gasteiger charge is -1.97. The molecule has 1 N–H and O–H groups in total. The predicted molar refractivity (Wildman–Crippen MR) is 49.4 cm³/mol. The van der Waals surface area contributed by atoms with Crippen LogP contribution in [-0.2, 0) is 7.05 Å². The summed E-state index contributed by atoms with van der Waals surface area (Å²) in [5.74, 6) is 0.714. The minimum atomic E-state index is 0.603. The average molecular weight is 193 g/mol. The molecule has 5 nitrogen and oxygen atoms in total. The summed E-state index contributed by atoms with van der Waals surface area (Å²) in [5.41, 5.74) is 0.730. The van der Waals surface area contributed by atoms with Gasteiger partial charge in [-0.25, -0.2) is 14.6 Å². The highest BCUT2D eigenvalue weighted by Crippen LogP contribution is 2.09. The number of hydrogen-bond donors (Lipinski definition) is 1. The van der Waals surface area contributed by atoms with Crippen LogP contribution in [0.2, 0.25) is 0 Å². The van der Waals surface area contributed by atoms with Gasteiger partial charge in [0.15, 0.2) is 5.82 Å². The molecule has 0 unspecified atom stereocenters. The van der Waals surface area contributed by atoms with Gasteiger partial charge >= 0.3 is 0 Å². The third-order valence-electron chi connectivity index (χ3n) is 1.61. The Kier molecular flexibility index (Phi) is 1.90. The summed E-state index contributed by atoms with van der Waals surface area (Å²) in [4.78, 5) is 11.1. The first-order valence-corrected chi connectivity index (χ1v) is 4.07. The van der Waals surface area contributed by atoms with Crippen molar-refractivity contribution in [1.29, 1.82) is 0 Å². The van der Waals surface area contributed by atoms with Crippen molar-refractivity contribution in [1.82, 2.24) is 24.7 Å². The fourth-order valence-electron chi connectivity index (χ4n) is 0.993. The summed E-state index contributed by atoms with van der Waals surface area (Å²) in [6, 6.07) is 0. The Labute approximate surface area is 79.5 Å². The van der Waals surface area contributed by atoms with Crippen LogP contribution in [0.4, 0.5) is 0 Å². The molecule has 0 saturated heterocycles. The fourth-order valence-corrected chi connectivity index (χ4v) is 1.10. The lowest BCUT2D eigenvalue weighted by molar-refractivity contribution is 0.771. The van der Waals surface area contributed by atoms with Gasteiger partial charge < -0.3 is 4.98 Å². The number of nitrogens with zero attached hydrogens (tertiary/aromatic N) is 4. The average Bonchev–Trinajstić information content (AvgIpc) is 2.53. The molecule has 0 spiro atoms. The summed E-state index contributed by atoms with van der Waals surface area (Å²) in [6.45, 7) is 0. The molecule has 2 aromatic rings. The zero-order valence-electron chi connectivity index (χ0n) is 6.93. The zero-order chi connectivity index (χ0) is 9.26. The molecule has 2 heterocycles. The first-order chi connectivity index (χ1) is 6.27. The minimum absolute atomic E-state index is 0.603. The standard InChI is InChI=1S/C7H7N5S/c1-12-7(10-4-11-12)5-2-9-6(13)3-8-5/h2-4H,1H3,(H,9,13). The number of aromatic amines is 1. The van der Waals surface area contributed by atoms with Gasteiger partial charge in [-0.3, -0.25) is 0 Å². The van der Waals surface area contributed by atoms with Crippen LogP contribution >= 0.6 is 12.2 Å². The highest BCUT2D eigenvalue weighted by atomic mass is 32.1. The SMILES string of the molecule is Cn1ncnc1-c1c[nH]c(=S)cn1. The Hall–Kier alpha value is -1.56. The largest absolute Gasteiger partial charge is 0.349 e. The molecular weight excluding hydrogens is 186 g/mol. The second-order valence-corrected chi connectivity index (χ2v) is 2.94. The molecule has 2 rings (SSSR count). The molecule has 0 atom stereocenters. The van der Waals surface area contributed by atoms with Crippen LogP contribution < -0.4 is 0 Å². The first kappa shape index (κ1) is 8.06. The monoisotopic (exact) mass is 193 g/mol. The predicted octanol–water partition coefficient (Wildman–Crippen LogP) is 0.935. The van der Waals surface area contributed by atoms with Crippen molar-refractivity contribution in [2.75, 3.05) is 0 Å². The minimum Gasteiger partial charge on any atom is -0.349 e. The van der Waals surface area contributed by atoms with Crippen molar-refractivity contribution in [2.45, 2.75) is 0 Å². The van der Waals surface area contributed by atoms with E-state index in [1.54, 1.807) is 17.1 Å². The van der Waals surface area contributed by atoms with Gasteiger partial charge in [0, 0.05) is 13.2 Å². The first-order valence-electron chi connectivity index (χ1n) is 3.66. The van der Waals surface area contributed by atoms with E-state index in [0.29, 0.717) is 10.5 Å². The van der Waals surface area contributed by atoms with E-state index in [-0.39, 0.29) is 0 Å². The highest BCUT2D eigenvalue weighted by Gasteiger charge is 2.03. The molecule has 0 saturated carbocycles. The maximum Gasteiger partial charge on any atom is 0.177 e. The zero-order valence-corrected chi connectivity index (χ0v) is 7.75.